The third-order valence-corrected chi connectivity index (χ3v) is 2.04. The van der Waals surface area contributed by atoms with Gasteiger partial charge in [-0.05, 0) is 13.6 Å². The molecule has 0 aromatic carbocycles. The fourth-order valence-corrected chi connectivity index (χ4v) is 1.16. The van der Waals surface area contributed by atoms with Gasteiger partial charge in [-0.25, -0.2) is 0 Å². The summed E-state index contributed by atoms with van der Waals surface area (Å²) in [4.78, 5) is 4.87. The molecular weight excluding hydrogens is 148 g/mol. The Labute approximate surface area is 77.5 Å². The van der Waals surface area contributed by atoms with Crippen molar-refractivity contribution in [2.45, 2.75) is 27.2 Å². The summed E-state index contributed by atoms with van der Waals surface area (Å²) in [7, 11) is 2.19. The van der Waals surface area contributed by atoms with Crippen LogP contribution in [0.15, 0.2) is 0 Å². The molecular formula is C10H24N2. The van der Waals surface area contributed by atoms with Crippen LogP contribution < -0.4 is 0 Å². The number of rotatable bonds is 1. The molecule has 12 heavy (non-hydrogen) atoms. The van der Waals surface area contributed by atoms with Crippen molar-refractivity contribution in [1.82, 2.24) is 9.80 Å². The summed E-state index contributed by atoms with van der Waals surface area (Å²) in [5.74, 6) is 0. The van der Waals surface area contributed by atoms with Gasteiger partial charge in [0.05, 0.1) is 0 Å². The van der Waals surface area contributed by atoms with Crippen molar-refractivity contribution < 1.29 is 0 Å². The van der Waals surface area contributed by atoms with Gasteiger partial charge in [0.15, 0.2) is 0 Å². The quantitative estimate of drug-likeness (QED) is 0.593. The lowest BCUT2D eigenvalue weighted by Gasteiger charge is -2.31. The molecule has 0 amide bonds. The third-order valence-electron chi connectivity index (χ3n) is 2.04. The van der Waals surface area contributed by atoms with Crippen LogP contribution >= 0.6 is 0 Å². The van der Waals surface area contributed by atoms with E-state index in [1.807, 2.05) is 0 Å². The first-order valence-electron chi connectivity index (χ1n) is 5.15. The number of likely N-dealkylation sites (N-methyl/N-ethyl adjacent to an activating group) is 2. The van der Waals surface area contributed by atoms with Gasteiger partial charge in [-0.15, -0.1) is 0 Å². The molecule has 1 aliphatic rings. The van der Waals surface area contributed by atoms with Crippen LogP contribution in [0.25, 0.3) is 0 Å². The Morgan fingerprint density at radius 1 is 0.917 bits per heavy atom. The van der Waals surface area contributed by atoms with E-state index in [0.29, 0.717) is 0 Å². The fraction of sp³-hybridized carbons (Fsp3) is 1.00. The first-order valence-corrected chi connectivity index (χ1v) is 5.15. The summed E-state index contributed by atoms with van der Waals surface area (Å²) in [5.41, 5.74) is 0. The van der Waals surface area contributed by atoms with Crippen LogP contribution in [0.5, 0.6) is 0 Å². The Morgan fingerprint density at radius 2 is 1.33 bits per heavy atom. The van der Waals surface area contributed by atoms with Crippen molar-refractivity contribution in [3.05, 3.63) is 0 Å². The molecule has 0 aromatic rings. The molecule has 0 unspecified atom stereocenters. The molecule has 1 rings (SSSR count). The molecule has 2 heteroatoms. The molecule has 0 atom stereocenters. The molecule has 74 valence electrons. The van der Waals surface area contributed by atoms with Gasteiger partial charge < -0.3 is 9.80 Å². The normalized spacial score (nSPS) is 20.0. The zero-order valence-corrected chi connectivity index (χ0v) is 9.14. The van der Waals surface area contributed by atoms with Gasteiger partial charge in [0.25, 0.3) is 0 Å². The van der Waals surface area contributed by atoms with Gasteiger partial charge in [0.2, 0.25) is 0 Å². The maximum atomic E-state index is 2.49. The zero-order chi connectivity index (χ0) is 9.40. The van der Waals surface area contributed by atoms with E-state index < -0.39 is 0 Å². The van der Waals surface area contributed by atoms with E-state index in [4.69, 9.17) is 0 Å². The lowest BCUT2D eigenvalue weighted by atomic mass is 10.3. The Morgan fingerprint density at radius 3 is 1.67 bits per heavy atom. The lowest BCUT2D eigenvalue weighted by molar-refractivity contribution is 0.160. The molecule has 2 nitrogen and oxygen atoms in total. The monoisotopic (exact) mass is 172 g/mol. The molecule has 1 heterocycles. The number of hydrogen-bond acceptors (Lipinski definition) is 2. The van der Waals surface area contributed by atoms with Crippen LogP contribution in [0.2, 0.25) is 0 Å². The van der Waals surface area contributed by atoms with Crippen molar-refractivity contribution in [1.29, 1.82) is 0 Å². The van der Waals surface area contributed by atoms with Crippen molar-refractivity contribution in [2.75, 3.05) is 39.8 Å². The van der Waals surface area contributed by atoms with Gasteiger partial charge in [-0.2, -0.15) is 0 Å². The van der Waals surface area contributed by atoms with Crippen LogP contribution in [0.1, 0.15) is 27.2 Å². The summed E-state index contributed by atoms with van der Waals surface area (Å²) in [6.07, 6.45) is 1.25. The number of nitrogens with zero attached hydrogens (tertiary/aromatic N) is 2. The second-order valence-electron chi connectivity index (χ2n) is 3.44. The summed E-state index contributed by atoms with van der Waals surface area (Å²) in [6.45, 7) is 12.7. The van der Waals surface area contributed by atoms with Crippen LogP contribution in [0.3, 0.4) is 0 Å². The summed E-state index contributed by atoms with van der Waals surface area (Å²) >= 11 is 0. The minimum Gasteiger partial charge on any atom is -0.304 e. The first kappa shape index (κ1) is 11.9. The van der Waals surface area contributed by atoms with E-state index in [0.717, 1.165) is 0 Å². The Bertz CT molecular complexity index is 85.8. The second kappa shape index (κ2) is 7.56. The lowest BCUT2D eigenvalue weighted by Crippen LogP contribution is -2.44. The van der Waals surface area contributed by atoms with Gasteiger partial charge >= 0.3 is 0 Å². The van der Waals surface area contributed by atoms with Gasteiger partial charge in [0.1, 0.15) is 0 Å². The molecule has 0 bridgehead atoms. The Hall–Kier alpha value is -0.0800. The fourth-order valence-electron chi connectivity index (χ4n) is 1.16. The minimum absolute atomic E-state index is 1.22. The predicted octanol–water partition coefficient (Wildman–Crippen LogP) is 1.67. The van der Waals surface area contributed by atoms with Crippen molar-refractivity contribution >= 4 is 0 Å². The topological polar surface area (TPSA) is 6.48 Å². The molecule has 0 radical (unpaired) electrons. The Kier molecular flexibility index (Phi) is 7.51. The largest absolute Gasteiger partial charge is 0.304 e. The average molecular weight is 172 g/mol. The highest BCUT2D eigenvalue weighted by molar-refractivity contribution is 4.66. The molecule has 0 aliphatic carbocycles. The van der Waals surface area contributed by atoms with Gasteiger partial charge in [0, 0.05) is 26.2 Å². The number of piperazine rings is 1. The second-order valence-corrected chi connectivity index (χ2v) is 3.44. The van der Waals surface area contributed by atoms with Crippen LogP contribution in [-0.2, 0) is 0 Å². The van der Waals surface area contributed by atoms with Gasteiger partial charge in [-0.1, -0.05) is 27.2 Å². The highest BCUT2D eigenvalue weighted by Gasteiger charge is 2.10. The van der Waals surface area contributed by atoms with E-state index in [2.05, 4.69) is 37.6 Å². The highest BCUT2D eigenvalue weighted by Crippen LogP contribution is 1.96. The van der Waals surface area contributed by atoms with E-state index in [-0.39, 0.29) is 0 Å². The Balaban J connectivity index is 0.000000354. The summed E-state index contributed by atoms with van der Waals surface area (Å²) in [5, 5.41) is 0. The summed E-state index contributed by atoms with van der Waals surface area (Å²) in [6, 6.07) is 0. The van der Waals surface area contributed by atoms with Crippen molar-refractivity contribution in [3.8, 4) is 0 Å². The molecule has 0 N–H and O–H groups in total. The third kappa shape index (κ3) is 5.56. The van der Waals surface area contributed by atoms with Gasteiger partial charge in [-0.3, -0.25) is 0 Å². The van der Waals surface area contributed by atoms with Crippen LogP contribution in [0, 0.1) is 0 Å². The molecule has 1 saturated heterocycles. The maximum absolute atomic E-state index is 2.49. The highest BCUT2D eigenvalue weighted by atomic mass is 15.2. The van der Waals surface area contributed by atoms with Crippen LogP contribution in [0.4, 0.5) is 0 Å². The number of hydrogen-bond donors (Lipinski definition) is 0. The maximum Gasteiger partial charge on any atom is 0.0110 e. The van der Waals surface area contributed by atoms with Crippen molar-refractivity contribution in [2.24, 2.45) is 0 Å². The van der Waals surface area contributed by atoms with Crippen molar-refractivity contribution in [3.63, 3.8) is 0 Å². The SMILES string of the molecule is CCC.CCN1CCN(C)CC1. The van der Waals surface area contributed by atoms with E-state index in [9.17, 15) is 0 Å². The zero-order valence-electron chi connectivity index (χ0n) is 9.14. The van der Waals surface area contributed by atoms with Crippen LogP contribution in [-0.4, -0.2) is 49.6 Å². The molecule has 0 saturated carbocycles. The smallest absolute Gasteiger partial charge is 0.0110 e. The standard InChI is InChI=1S/C7H16N2.C3H8/c1-3-9-6-4-8(2)5-7-9;1-3-2/h3-7H2,1-2H3;3H2,1-2H3. The van der Waals surface area contributed by atoms with E-state index in [1.165, 1.54) is 39.1 Å². The average Bonchev–Trinajstić information content (AvgIpc) is 2.07. The summed E-state index contributed by atoms with van der Waals surface area (Å²) < 4.78 is 0. The molecule has 1 aliphatic heterocycles. The first-order chi connectivity index (χ1) is 5.74. The van der Waals surface area contributed by atoms with E-state index >= 15 is 0 Å². The minimum atomic E-state index is 1.22. The molecule has 1 fully saturated rings. The molecule has 0 aromatic heterocycles. The predicted molar refractivity (Wildman–Crippen MR) is 55.6 cm³/mol. The van der Waals surface area contributed by atoms with E-state index in [1.54, 1.807) is 0 Å². The molecule has 0 spiro atoms.